The number of rotatable bonds is 4. The van der Waals surface area contributed by atoms with Gasteiger partial charge in [-0.2, -0.15) is 0 Å². The summed E-state index contributed by atoms with van der Waals surface area (Å²) in [4.78, 5) is 27.5. The van der Waals surface area contributed by atoms with Gasteiger partial charge in [-0.1, -0.05) is 51.1 Å². The number of fused-ring (bicyclic) bond motifs is 1. The van der Waals surface area contributed by atoms with E-state index in [-0.39, 0.29) is 17.2 Å². The molecule has 2 amide bonds. The van der Waals surface area contributed by atoms with Crippen molar-refractivity contribution in [3.63, 3.8) is 0 Å². The van der Waals surface area contributed by atoms with Crippen molar-refractivity contribution in [2.75, 3.05) is 10.6 Å². The van der Waals surface area contributed by atoms with Crippen molar-refractivity contribution in [2.24, 2.45) is 11.3 Å². The van der Waals surface area contributed by atoms with E-state index < -0.39 is 0 Å². The van der Waals surface area contributed by atoms with Crippen LogP contribution < -0.4 is 10.6 Å². The van der Waals surface area contributed by atoms with Crippen molar-refractivity contribution in [3.05, 3.63) is 80.6 Å². The van der Waals surface area contributed by atoms with Gasteiger partial charge in [0.15, 0.2) is 0 Å². The van der Waals surface area contributed by atoms with Crippen LogP contribution in [0.15, 0.2) is 59.1 Å². The highest BCUT2D eigenvalue weighted by Gasteiger charge is 2.34. The highest BCUT2D eigenvalue weighted by Crippen LogP contribution is 2.44. The van der Waals surface area contributed by atoms with Gasteiger partial charge in [0, 0.05) is 14.9 Å². The molecule has 0 saturated heterocycles. The van der Waals surface area contributed by atoms with Crippen molar-refractivity contribution in [1.82, 2.24) is 0 Å². The van der Waals surface area contributed by atoms with Crippen LogP contribution in [0.25, 0.3) is 0 Å². The molecular weight excluding hydrogens is 484 g/mol. The van der Waals surface area contributed by atoms with Crippen molar-refractivity contribution in [3.8, 4) is 0 Å². The summed E-state index contributed by atoms with van der Waals surface area (Å²) < 4.78 is 0.820. The fraction of sp³-hybridized carbons (Fsp3) is 0.308. The molecule has 0 saturated carbocycles. The Balaban J connectivity index is 1.70. The summed E-state index contributed by atoms with van der Waals surface area (Å²) in [5.74, 6) is 0.156. The van der Waals surface area contributed by atoms with Crippen LogP contribution >= 0.6 is 27.3 Å². The van der Waals surface area contributed by atoms with E-state index in [1.54, 1.807) is 23.5 Å². The number of para-hydroxylation sites is 1. The van der Waals surface area contributed by atoms with Gasteiger partial charge in [-0.15, -0.1) is 11.3 Å². The Morgan fingerprint density at radius 3 is 2.34 bits per heavy atom. The van der Waals surface area contributed by atoms with Crippen molar-refractivity contribution in [2.45, 2.75) is 40.0 Å². The van der Waals surface area contributed by atoms with Gasteiger partial charge in [0.2, 0.25) is 0 Å². The molecule has 1 aromatic heterocycles. The fourth-order valence-electron chi connectivity index (χ4n) is 4.17. The lowest BCUT2D eigenvalue weighted by molar-refractivity contribution is 0.102. The molecule has 2 N–H and O–H groups in total. The van der Waals surface area contributed by atoms with Gasteiger partial charge in [-0.25, -0.2) is 0 Å². The average Bonchev–Trinajstić information content (AvgIpc) is 3.12. The number of anilines is 2. The second kappa shape index (κ2) is 9.20. The second-order valence-corrected chi connectivity index (χ2v) is 11.2. The first-order valence-electron chi connectivity index (χ1n) is 10.8. The molecule has 4 rings (SSSR count). The van der Waals surface area contributed by atoms with Crippen molar-refractivity contribution >= 4 is 49.8 Å². The lowest BCUT2D eigenvalue weighted by Gasteiger charge is -2.33. The number of thiophene rings is 1. The Morgan fingerprint density at radius 1 is 0.969 bits per heavy atom. The first-order valence-corrected chi connectivity index (χ1v) is 12.4. The molecule has 32 heavy (non-hydrogen) atoms. The number of nitrogens with one attached hydrogen (secondary N) is 2. The minimum absolute atomic E-state index is 0.188. The third-order valence-electron chi connectivity index (χ3n) is 6.10. The third-order valence-corrected chi connectivity index (χ3v) is 7.96. The van der Waals surface area contributed by atoms with E-state index in [0.717, 1.165) is 29.3 Å². The average molecular weight is 511 g/mol. The maximum atomic E-state index is 13.4. The minimum atomic E-state index is -0.202. The lowest BCUT2D eigenvalue weighted by atomic mass is 9.72. The van der Waals surface area contributed by atoms with Crippen LogP contribution in [0, 0.1) is 11.3 Å². The largest absolute Gasteiger partial charge is 0.321 e. The van der Waals surface area contributed by atoms with E-state index >= 15 is 0 Å². The quantitative estimate of drug-likeness (QED) is 0.390. The summed E-state index contributed by atoms with van der Waals surface area (Å²) in [6.45, 7) is 6.82. The summed E-state index contributed by atoms with van der Waals surface area (Å²) >= 11 is 5.04. The zero-order valence-electron chi connectivity index (χ0n) is 18.5. The van der Waals surface area contributed by atoms with Gasteiger partial charge in [-0.3, -0.25) is 9.59 Å². The second-order valence-electron chi connectivity index (χ2n) is 9.27. The van der Waals surface area contributed by atoms with Crippen LogP contribution in [0.3, 0.4) is 0 Å². The molecule has 0 spiro atoms. The maximum Gasteiger partial charge on any atom is 0.258 e. The Bertz CT molecular complexity index is 1150. The summed E-state index contributed by atoms with van der Waals surface area (Å²) in [5, 5.41) is 6.68. The van der Waals surface area contributed by atoms with Gasteiger partial charge in [0.25, 0.3) is 11.8 Å². The van der Waals surface area contributed by atoms with Crippen LogP contribution in [-0.4, -0.2) is 11.8 Å². The number of benzene rings is 2. The Kier molecular flexibility index (Phi) is 6.54. The smallest absolute Gasteiger partial charge is 0.258 e. The third kappa shape index (κ3) is 4.81. The van der Waals surface area contributed by atoms with E-state index in [1.165, 1.54) is 4.88 Å². The number of amides is 2. The van der Waals surface area contributed by atoms with Gasteiger partial charge in [0.1, 0.15) is 5.00 Å². The molecule has 1 atom stereocenters. The van der Waals surface area contributed by atoms with Crippen LogP contribution in [0.1, 0.15) is 58.3 Å². The predicted molar refractivity (Wildman–Crippen MR) is 136 cm³/mol. The zero-order valence-corrected chi connectivity index (χ0v) is 20.9. The van der Waals surface area contributed by atoms with Crippen LogP contribution in [0.4, 0.5) is 10.7 Å². The Morgan fingerprint density at radius 2 is 1.66 bits per heavy atom. The first-order chi connectivity index (χ1) is 15.2. The molecule has 0 aliphatic heterocycles. The number of hydrogen-bond donors (Lipinski definition) is 2. The minimum Gasteiger partial charge on any atom is -0.321 e. The van der Waals surface area contributed by atoms with Gasteiger partial charge >= 0.3 is 0 Å². The molecule has 166 valence electrons. The van der Waals surface area contributed by atoms with Gasteiger partial charge < -0.3 is 10.6 Å². The molecule has 0 bridgehead atoms. The summed E-state index contributed by atoms with van der Waals surface area (Å²) in [5.41, 5.74) is 3.15. The topological polar surface area (TPSA) is 58.2 Å². The van der Waals surface area contributed by atoms with E-state index in [4.69, 9.17) is 0 Å². The number of hydrogen-bond acceptors (Lipinski definition) is 3. The predicted octanol–water partition coefficient (Wildman–Crippen LogP) is 7.17. The summed E-state index contributed by atoms with van der Waals surface area (Å²) in [6.07, 6.45) is 2.81. The molecular formula is C26H27BrN2O2S. The molecule has 1 unspecified atom stereocenters. The monoisotopic (exact) mass is 510 g/mol. The summed E-state index contributed by atoms with van der Waals surface area (Å²) in [6, 6.07) is 16.7. The molecule has 6 heteroatoms. The molecule has 4 nitrogen and oxygen atoms in total. The van der Waals surface area contributed by atoms with Crippen LogP contribution in [0.2, 0.25) is 0 Å². The van der Waals surface area contributed by atoms with Gasteiger partial charge in [-0.05, 0) is 76.4 Å². The van der Waals surface area contributed by atoms with E-state index in [1.807, 2.05) is 42.5 Å². The van der Waals surface area contributed by atoms with Gasteiger partial charge in [0.05, 0.1) is 11.3 Å². The number of halogens is 1. The highest BCUT2D eigenvalue weighted by atomic mass is 79.9. The number of carbonyl (C=O) groups excluding carboxylic acids is 2. The number of carbonyl (C=O) groups is 2. The van der Waals surface area contributed by atoms with E-state index in [2.05, 4.69) is 47.3 Å². The molecule has 2 aromatic carbocycles. The highest BCUT2D eigenvalue weighted by molar-refractivity contribution is 9.10. The van der Waals surface area contributed by atoms with E-state index in [9.17, 15) is 9.59 Å². The molecule has 0 radical (unpaired) electrons. The molecule has 1 aliphatic carbocycles. The Labute approximate surface area is 201 Å². The van der Waals surface area contributed by atoms with E-state index in [0.29, 0.717) is 27.7 Å². The lowest BCUT2D eigenvalue weighted by Crippen LogP contribution is -2.27. The van der Waals surface area contributed by atoms with Crippen LogP contribution in [0.5, 0.6) is 0 Å². The molecule has 1 heterocycles. The Hall–Kier alpha value is -2.44. The molecule has 0 fully saturated rings. The maximum absolute atomic E-state index is 13.4. The van der Waals surface area contributed by atoms with Crippen molar-refractivity contribution < 1.29 is 9.59 Å². The standard InChI is InChI=1S/C26H27BrN2O2S/c1-26(2,3)17-13-14-18-21(15-17)32-25(29-23(30)16-9-5-4-6-10-16)22(18)24(31)28-20-12-8-7-11-19(20)27/h4-12,17H,13-15H2,1-3H3,(H,28,31)(H,29,30). The molecule has 3 aromatic rings. The fourth-order valence-corrected chi connectivity index (χ4v) is 5.87. The zero-order chi connectivity index (χ0) is 22.9. The first kappa shape index (κ1) is 22.7. The molecule has 1 aliphatic rings. The SMILES string of the molecule is CC(C)(C)C1CCc2c(sc(NC(=O)c3ccccc3)c2C(=O)Nc2ccccc2Br)C1. The normalized spacial score (nSPS) is 15.7. The van der Waals surface area contributed by atoms with Crippen LogP contribution in [-0.2, 0) is 12.8 Å². The van der Waals surface area contributed by atoms with Crippen molar-refractivity contribution in [1.29, 1.82) is 0 Å². The summed E-state index contributed by atoms with van der Waals surface area (Å²) in [7, 11) is 0.